The Morgan fingerprint density at radius 3 is 2.72 bits per heavy atom. The highest BCUT2D eigenvalue weighted by Crippen LogP contribution is 2.27. The minimum Gasteiger partial charge on any atom is -0.381 e. The van der Waals surface area contributed by atoms with Crippen molar-refractivity contribution in [3.8, 4) is 0 Å². The third-order valence-electron chi connectivity index (χ3n) is 4.70. The first kappa shape index (κ1) is 17.4. The predicted octanol–water partition coefficient (Wildman–Crippen LogP) is 4.03. The molecule has 1 fully saturated rings. The van der Waals surface area contributed by atoms with Crippen molar-refractivity contribution >= 4 is 17.3 Å². The molecule has 0 aliphatic carbocycles. The van der Waals surface area contributed by atoms with Gasteiger partial charge in [-0.2, -0.15) is 0 Å². The van der Waals surface area contributed by atoms with Crippen LogP contribution in [-0.4, -0.2) is 29.9 Å². The molecule has 2 aromatic carbocycles. The second-order valence-corrected chi connectivity index (χ2v) is 6.59. The first-order valence-electron chi connectivity index (χ1n) is 8.65. The van der Waals surface area contributed by atoms with Gasteiger partial charge < -0.3 is 10.6 Å². The molecule has 1 heterocycles. The van der Waals surface area contributed by atoms with Crippen molar-refractivity contribution in [3.05, 3.63) is 59.9 Å². The van der Waals surface area contributed by atoms with Crippen LogP contribution in [0, 0.1) is 5.82 Å². The normalized spacial score (nSPS) is 18.8. The zero-order valence-electron chi connectivity index (χ0n) is 14.6. The Labute approximate surface area is 148 Å². The van der Waals surface area contributed by atoms with Crippen molar-refractivity contribution in [2.45, 2.75) is 32.4 Å². The molecule has 1 aliphatic rings. The number of hydrogen-bond donors (Lipinski definition) is 2. The molecule has 3 rings (SSSR count). The number of nitrogens with one attached hydrogen (secondary N) is 2. The van der Waals surface area contributed by atoms with Crippen molar-refractivity contribution in [1.29, 1.82) is 0 Å². The molecule has 4 nitrogen and oxygen atoms in total. The van der Waals surface area contributed by atoms with E-state index >= 15 is 0 Å². The molecule has 0 radical (unpaired) electrons. The Kier molecular flexibility index (Phi) is 5.34. The second-order valence-electron chi connectivity index (χ2n) is 6.59. The number of carbonyl (C=O) groups is 1. The minimum absolute atomic E-state index is 0.213. The third kappa shape index (κ3) is 4.37. The van der Waals surface area contributed by atoms with E-state index in [0.717, 1.165) is 25.2 Å². The lowest BCUT2D eigenvalue weighted by Gasteiger charge is -2.25. The maximum atomic E-state index is 13.7. The lowest BCUT2D eigenvalue weighted by Crippen LogP contribution is -2.28. The Morgan fingerprint density at radius 1 is 1.24 bits per heavy atom. The summed E-state index contributed by atoms with van der Waals surface area (Å²) in [5, 5.41) is 5.98. The topological polar surface area (TPSA) is 44.4 Å². The van der Waals surface area contributed by atoms with E-state index in [1.54, 1.807) is 12.1 Å². The fraction of sp³-hybridized carbons (Fsp3) is 0.350. The highest BCUT2D eigenvalue weighted by Gasteiger charge is 2.26. The predicted molar refractivity (Wildman–Crippen MR) is 99.2 cm³/mol. The van der Waals surface area contributed by atoms with Crippen LogP contribution < -0.4 is 10.6 Å². The molecule has 0 aromatic heterocycles. The molecule has 0 unspecified atom stereocenters. The molecule has 132 valence electrons. The monoisotopic (exact) mass is 341 g/mol. The number of rotatable bonds is 5. The average molecular weight is 341 g/mol. The molecule has 0 bridgehead atoms. The van der Waals surface area contributed by atoms with E-state index in [-0.39, 0.29) is 11.6 Å². The van der Waals surface area contributed by atoms with Gasteiger partial charge in [0, 0.05) is 37.8 Å². The van der Waals surface area contributed by atoms with Crippen molar-refractivity contribution in [3.63, 3.8) is 0 Å². The summed E-state index contributed by atoms with van der Waals surface area (Å²) in [6.07, 6.45) is 1.03. The summed E-state index contributed by atoms with van der Waals surface area (Å²) < 4.78 is 13.7. The molecule has 2 N–H and O–H groups in total. The maximum absolute atomic E-state index is 13.7. The quantitative estimate of drug-likeness (QED) is 0.863. The molecule has 1 aliphatic heterocycles. The standard InChI is InChI=1S/C20H24FN3O/c1-14(16-6-4-3-5-7-16)24-11-10-18(13-24)23-17-8-9-19(21)20(12-17)22-15(2)25/h3-9,12,14,18,23H,10-11,13H2,1-2H3,(H,22,25)/t14-,18-/m0/s1. The fourth-order valence-electron chi connectivity index (χ4n) is 3.34. The zero-order valence-corrected chi connectivity index (χ0v) is 14.6. The van der Waals surface area contributed by atoms with Gasteiger partial charge in [-0.25, -0.2) is 4.39 Å². The number of nitrogens with zero attached hydrogens (tertiary/aromatic N) is 1. The minimum atomic E-state index is -0.425. The van der Waals surface area contributed by atoms with Crippen LogP contribution in [0.4, 0.5) is 15.8 Å². The van der Waals surface area contributed by atoms with E-state index in [2.05, 4.69) is 46.7 Å². The van der Waals surface area contributed by atoms with Crippen LogP contribution in [-0.2, 0) is 4.79 Å². The largest absolute Gasteiger partial charge is 0.381 e. The molecule has 5 heteroatoms. The first-order valence-corrected chi connectivity index (χ1v) is 8.65. The van der Waals surface area contributed by atoms with Gasteiger partial charge in [-0.1, -0.05) is 30.3 Å². The van der Waals surface area contributed by atoms with Gasteiger partial charge in [0.15, 0.2) is 0 Å². The molecule has 1 saturated heterocycles. The Balaban J connectivity index is 1.62. The van der Waals surface area contributed by atoms with Gasteiger partial charge in [0.1, 0.15) is 5.82 Å². The van der Waals surface area contributed by atoms with Gasteiger partial charge in [0.25, 0.3) is 0 Å². The Hall–Kier alpha value is -2.40. The highest BCUT2D eigenvalue weighted by molar-refractivity contribution is 5.89. The molecule has 0 spiro atoms. The van der Waals surface area contributed by atoms with Gasteiger partial charge in [-0.05, 0) is 37.1 Å². The van der Waals surface area contributed by atoms with E-state index in [0.29, 0.717) is 12.1 Å². The van der Waals surface area contributed by atoms with Crippen LogP contribution in [0.5, 0.6) is 0 Å². The highest BCUT2D eigenvalue weighted by atomic mass is 19.1. The number of carbonyl (C=O) groups excluding carboxylic acids is 1. The van der Waals surface area contributed by atoms with Crippen molar-refractivity contribution in [2.75, 3.05) is 23.7 Å². The maximum Gasteiger partial charge on any atom is 0.221 e. The van der Waals surface area contributed by atoms with Crippen molar-refractivity contribution in [1.82, 2.24) is 4.90 Å². The fourth-order valence-corrected chi connectivity index (χ4v) is 3.34. The van der Waals surface area contributed by atoms with E-state index in [1.165, 1.54) is 18.6 Å². The summed E-state index contributed by atoms with van der Waals surface area (Å²) in [4.78, 5) is 13.6. The van der Waals surface area contributed by atoms with Crippen LogP contribution >= 0.6 is 0 Å². The SMILES string of the molecule is CC(=O)Nc1cc(N[C@H]2CCN([C@@H](C)c3ccccc3)C2)ccc1F. The van der Waals surface area contributed by atoms with Crippen LogP contribution in [0.3, 0.4) is 0 Å². The average Bonchev–Trinajstić information content (AvgIpc) is 3.06. The summed E-state index contributed by atoms with van der Waals surface area (Å²) in [6, 6.07) is 15.9. The van der Waals surface area contributed by atoms with Crippen molar-refractivity contribution < 1.29 is 9.18 Å². The molecular formula is C20H24FN3O. The van der Waals surface area contributed by atoms with Crippen LogP contribution in [0.2, 0.25) is 0 Å². The molecule has 0 saturated carbocycles. The van der Waals surface area contributed by atoms with E-state index in [1.807, 2.05) is 6.07 Å². The smallest absolute Gasteiger partial charge is 0.221 e. The van der Waals surface area contributed by atoms with Gasteiger partial charge >= 0.3 is 0 Å². The Bertz CT molecular complexity index is 735. The van der Waals surface area contributed by atoms with E-state index in [4.69, 9.17) is 0 Å². The van der Waals surface area contributed by atoms with Gasteiger partial charge in [-0.15, -0.1) is 0 Å². The van der Waals surface area contributed by atoms with Crippen LogP contribution in [0.15, 0.2) is 48.5 Å². The molecule has 25 heavy (non-hydrogen) atoms. The second kappa shape index (κ2) is 7.66. The van der Waals surface area contributed by atoms with Crippen LogP contribution in [0.25, 0.3) is 0 Å². The van der Waals surface area contributed by atoms with Gasteiger partial charge in [0.05, 0.1) is 5.69 Å². The lowest BCUT2D eigenvalue weighted by molar-refractivity contribution is -0.114. The molecule has 2 aromatic rings. The Morgan fingerprint density at radius 2 is 2.00 bits per heavy atom. The number of amides is 1. The van der Waals surface area contributed by atoms with Crippen LogP contribution in [0.1, 0.15) is 31.9 Å². The summed E-state index contributed by atoms with van der Waals surface area (Å²) in [7, 11) is 0. The summed E-state index contributed by atoms with van der Waals surface area (Å²) in [5.41, 5.74) is 2.35. The van der Waals surface area contributed by atoms with E-state index in [9.17, 15) is 9.18 Å². The molecule has 2 atom stereocenters. The summed E-state index contributed by atoms with van der Waals surface area (Å²) in [5.74, 6) is -0.703. The first-order chi connectivity index (χ1) is 12.0. The lowest BCUT2D eigenvalue weighted by atomic mass is 10.1. The number of hydrogen-bond acceptors (Lipinski definition) is 3. The number of likely N-dealkylation sites (tertiary alicyclic amines) is 1. The number of benzene rings is 2. The van der Waals surface area contributed by atoms with E-state index < -0.39 is 5.82 Å². The summed E-state index contributed by atoms with van der Waals surface area (Å²) in [6.45, 7) is 5.56. The number of halogens is 1. The number of anilines is 2. The summed E-state index contributed by atoms with van der Waals surface area (Å²) >= 11 is 0. The van der Waals surface area contributed by atoms with Gasteiger partial charge in [-0.3, -0.25) is 9.69 Å². The molecule has 1 amide bonds. The zero-order chi connectivity index (χ0) is 17.8. The van der Waals surface area contributed by atoms with Crippen molar-refractivity contribution in [2.24, 2.45) is 0 Å². The van der Waals surface area contributed by atoms with Gasteiger partial charge in [0.2, 0.25) is 5.91 Å². The third-order valence-corrected chi connectivity index (χ3v) is 4.70. The molecular weight excluding hydrogens is 317 g/mol.